The van der Waals surface area contributed by atoms with Gasteiger partial charge in [0.05, 0.1) is 0 Å². The second-order valence-electron chi connectivity index (χ2n) is 6.69. The van der Waals surface area contributed by atoms with E-state index >= 15 is 0 Å². The van der Waals surface area contributed by atoms with Crippen molar-refractivity contribution in [1.82, 2.24) is 16.2 Å². The summed E-state index contributed by atoms with van der Waals surface area (Å²) in [5.74, 6) is -0.0620. The SMILES string of the molecule is O=C(COc1ccccc1-c1ccccc1)NNC(=S)NC(=O)CCc1ccccc1. The van der Waals surface area contributed by atoms with Gasteiger partial charge in [0.2, 0.25) is 5.91 Å². The summed E-state index contributed by atoms with van der Waals surface area (Å²) in [7, 11) is 0. The molecule has 0 aromatic heterocycles. The molecular formula is C24H23N3O3S. The molecule has 0 atom stereocenters. The van der Waals surface area contributed by atoms with Gasteiger partial charge in [0.25, 0.3) is 5.91 Å². The molecular weight excluding hydrogens is 410 g/mol. The van der Waals surface area contributed by atoms with Gasteiger partial charge in [0.15, 0.2) is 11.7 Å². The Kier molecular flexibility index (Phi) is 8.13. The van der Waals surface area contributed by atoms with Gasteiger partial charge in [-0.15, -0.1) is 0 Å². The molecule has 6 nitrogen and oxygen atoms in total. The van der Waals surface area contributed by atoms with E-state index in [-0.39, 0.29) is 17.6 Å². The number of para-hydroxylation sites is 1. The lowest BCUT2D eigenvalue weighted by atomic mass is 10.1. The van der Waals surface area contributed by atoms with Crippen LogP contribution in [-0.2, 0) is 16.0 Å². The normalized spacial score (nSPS) is 10.1. The van der Waals surface area contributed by atoms with Crippen molar-refractivity contribution in [1.29, 1.82) is 0 Å². The van der Waals surface area contributed by atoms with Crippen molar-refractivity contribution in [3.63, 3.8) is 0 Å². The van der Waals surface area contributed by atoms with Gasteiger partial charge in [0.1, 0.15) is 5.75 Å². The lowest BCUT2D eigenvalue weighted by molar-refractivity contribution is -0.124. The average molecular weight is 434 g/mol. The third kappa shape index (κ3) is 7.24. The Labute approximate surface area is 186 Å². The molecule has 2 amide bonds. The standard InChI is InChI=1S/C24H23N3O3S/c28-22(16-15-18-9-3-1-4-10-18)25-24(31)27-26-23(29)17-30-21-14-8-7-13-20(21)19-11-5-2-6-12-19/h1-14H,15-17H2,(H,26,29)(H2,25,27,28,31). The van der Waals surface area contributed by atoms with Gasteiger partial charge in [-0.25, -0.2) is 0 Å². The quantitative estimate of drug-likeness (QED) is 0.393. The summed E-state index contributed by atoms with van der Waals surface area (Å²) in [6.45, 7) is -0.207. The highest BCUT2D eigenvalue weighted by Crippen LogP contribution is 2.29. The molecule has 0 saturated carbocycles. The first-order valence-electron chi connectivity index (χ1n) is 9.81. The minimum Gasteiger partial charge on any atom is -0.483 e. The molecule has 7 heteroatoms. The van der Waals surface area contributed by atoms with E-state index in [2.05, 4.69) is 16.2 Å². The maximum Gasteiger partial charge on any atom is 0.276 e. The first kappa shape index (κ1) is 22.0. The molecule has 0 bridgehead atoms. The van der Waals surface area contributed by atoms with Crippen LogP contribution >= 0.6 is 12.2 Å². The van der Waals surface area contributed by atoms with Crippen LogP contribution in [-0.4, -0.2) is 23.5 Å². The van der Waals surface area contributed by atoms with Gasteiger partial charge in [-0.2, -0.15) is 0 Å². The van der Waals surface area contributed by atoms with E-state index in [0.29, 0.717) is 18.6 Å². The van der Waals surface area contributed by atoms with Crippen LogP contribution in [0.15, 0.2) is 84.9 Å². The summed E-state index contributed by atoms with van der Waals surface area (Å²) in [5.41, 5.74) is 7.89. The van der Waals surface area contributed by atoms with Crippen LogP contribution in [0, 0.1) is 0 Å². The van der Waals surface area contributed by atoms with Crippen molar-refractivity contribution in [2.24, 2.45) is 0 Å². The van der Waals surface area contributed by atoms with Crippen LogP contribution in [0.5, 0.6) is 5.75 Å². The zero-order valence-corrected chi connectivity index (χ0v) is 17.7. The Morgan fingerprint density at radius 2 is 1.42 bits per heavy atom. The summed E-state index contributed by atoms with van der Waals surface area (Å²) in [6, 6.07) is 27.0. The molecule has 158 valence electrons. The van der Waals surface area contributed by atoms with Gasteiger partial charge in [0, 0.05) is 12.0 Å². The lowest BCUT2D eigenvalue weighted by Crippen LogP contribution is -2.49. The van der Waals surface area contributed by atoms with E-state index in [9.17, 15) is 9.59 Å². The number of carbonyl (C=O) groups excluding carboxylic acids is 2. The second kappa shape index (κ2) is 11.5. The van der Waals surface area contributed by atoms with Crippen molar-refractivity contribution in [3.8, 4) is 16.9 Å². The first-order chi connectivity index (χ1) is 15.1. The minimum absolute atomic E-state index is 0.0242. The number of ether oxygens (including phenoxy) is 1. The van der Waals surface area contributed by atoms with Crippen molar-refractivity contribution >= 4 is 29.1 Å². The minimum atomic E-state index is -0.427. The molecule has 3 rings (SSSR count). The van der Waals surface area contributed by atoms with Crippen LogP contribution < -0.4 is 20.9 Å². The Balaban J connectivity index is 1.40. The van der Waals surface area contributed by atoms with E-state index < -0.39 is 5.91 Å². The Morgan fingerprint density at radius 3 is 2.16 bits per heavy atom. The van der Waals surface area contributed by atoms with Gasteiger partial charge in [-0.1, -0.05) is 78.9 Å². The summed E-state index contributed by atoms with van der Waals surface area (Å²) < 4.78 is 5.67. The van der Waals surface area contributed by atoms with Crippen LogP contribution in [0.2, 0.25) is 0 Å². The second-order valence-corrected chi connectivity index (χ2v) is 7.10. The fourth-order valence-corrected chi connectivity index (χ4v) is 3.04. The highest BCUT2D eigenvalue weighted by Gasteiger charge is 2.09. The molecule has 0 radical (unpaired) electrons. The number of carbonyl (C=O) groups is 2. The fraction of sp³-hybridized carbons (Fsp3) is 0.125. The predicted molar refractivity (Wildman–Crippen MR) is 124 cm³/mol. The third-order valence-corrected chi connectivity index (χ3v) is 4.59. The van der Waals surface area contributed by atoms with E-state index in [1.54, 1.807) is 6.07 Å². The molecule has 0 aliphatic carbocycles. The topological polar surface area (TPSA) is 79.5 Å². The molecule has 0 saturated heterocycles. The smallest absolute Gasteiger partial charge is 0.276 e. The Morgan fingerprint density at radius 1 is 0.774 bits per heavy atom. The summed E-state index contributed by atoms with van der Waals surface area (Å²) in [5, 5.41) is 2.56. The summed E-state index contributed by atoms with van der Waals surface area (Å²) in [6.07, 6.45) is 0.898. The highest BCUT2D eigenvalue weighted by atomic mass is 32.1. The van der Waals surface area contributed by atoms with Gasteiger partial charge < -0.3 is 10.1 Å². The largest absolute Gasteiger partial charge is 0.483 e. The predicted octanol–water partition coefficient (Wildman–Crippen LogP) is 3.39. The number of amides is 2. The average Bonchev–Trinajstić information content (AvgIpc) is 2.81. The van der Waals surface area contributed by atoms with Crippen molar-refractivity contribution in [3.05, 3.63) is 90.5 Å². The summed E-state index contributed by atoms with van der Waals surface area (Å²) in [4.78, 5) is 24.1. The number of hydrogen-bond acceptors (Lipinski definition) is 4. The molecule has 3 N–H and O–H groups in total. The molecule has 0 unspecified atom stereocenters. The van der Waals surface area contributed by atoms with Crippen LogP contribution in [0.3, 0.4) is 0 Å². The number of benzene rings is 3. The number of hydrazine groups is 1. The first-order valence-corrected chi connectivity index (χ1v) is 10.2. The molecule has 0 aliphatic rings. The number of aryl methyl sites for hydroxylation is 1. The molecule has 3 aromatic rings. The molecule has 31 heavy (non-hydrogen) atoms. The molecule has 0 aliphatic heterocycles. The molecule has 0 spiro atoms. The van der Waals surface area contributed by atoms with E-state index in [1.165, 1.54) is 0 Å². The highest BCUT2D eigenvalue weighted by molar-refractivity contribution is 7.80. The maximum atomic E-state index is 12.1. The monoisotopic (exact) mass is 433 g/mol. The van der Waals surface area contributed by atoms with Crippen LogP contribution in [0.1, 0.15) is 12.0 Å². The van der Waals surface area contributed by atoms with Crippen molar-refractivity contribution in [2.75, 3.05) is 6.61 Å². The molecule has 0 heterocycles. The lowest BCUT2D eigenvalue weighted by Gasteiger charge is -2.13. The van der Waals surface area contributed by atoms with Crippen LogP contribution in [0.25, 0.3) is 11.1 Å². The van der Waals surface area contributed by atoms with E-state index in [1.807, 2.05) is 78.9 Å². The molecule has 0 fully saturated rings. The number of nitrogens with one attached hydrogen (secondary N) is 3. The summed E-state index contributed by atoms with van der Waals surface area (Å²) >= 11 is 5.04. The number of hydrogen-bond donors (Lipinski definition) is 3. The fourth-order valence-electron chi connectivity index (χ4n) is 2.88. The zero-order valence-electron chi connectivity index (χ0n) is 16.8. The Hall–Kier alpha value is -3.71. The van der Waals surface area contributed by atoms with Crippen molar-refractivity contribution in [2.45, 2.75) is 12.8 Å². The van der Waals surface area contributed by atoms with Gasteiger partial charge in [-0.3, -0.25) is 20.4 Å². The van der Waals surface area contributed by atoms with Gasteiger partial charge >= 0.3 is 0 Å². The zero-order chi connectivity index (χ0) is 21.9. The third-order valence-electron chi connectivity index (χ3n) is 4.38. The van der Waals surface area contributed by atoms with Crippen molar-refractivity contribution < 1.29 is 14.3 Å². The Bertz CT molecular complexity index is 1030. The van der Waals surface area contributed by atoms with Gasteiger partial charge in [-0.05, 0) is 35.8 Å². The van der Waals surface area contributed by atoms with E-state index in [4.69, 9.17) is 17.0 Å². The number of rotatable bonds is 7. The number of thiocarbonyl (C=S) groups is 1. The van der Waals surface area contributed by atoms with Crippen LogP contribution in [0.4, 0.5) is 0 Å². The van der Waals surface area contributed by atoms with E-state index in [0.717, 1.165) is 16.7 Å². The molecule has 3 aromatic carbocycles. The maximum absolute atomic E-state index is 12.1.